The van der Waals surface area contributed by atoms with Crippen molar-refractivity contribution in [1.82, 2.24) is 19.8 Å². The number of imidazole rings is 1. The summed E-state index contributed by atoms with van der Waals surface area (Å²) in [6, 6.07) is 10.6. The van der Waals surface area contributed by atoms with Gasteiger partial charge in [0.2, 0.25) is 5.91 Å². The van der Waals surface area contributed by atoms with Gasteiger partial charge < -0.3 is 15.0 Å². The van der Waals surface area contributed by atoms with Gasteiger partial charge in [-0.2, -0.15) is 26.3 Å². The van der Waals surface area contributed by atoms with Gasteiger partial charge in [-0.05, 0) is 16.7 Å². The van der Waals surface area contributed by atoms with Crippen molar-refractivity contribution in [3.63, 3.8) is 0 Å². The van der Waals surface area contributed by atoms with Gasteiger partial charge in [0.25, 0.3) is 5.60 Å². The third-order valence-electron chi connectivity index (χ3n) is 6.43. The molecule has 198 valence electrons. The van der Waals surface area contributed by atoms with Gasteiger partial charge in [-0.3, -0.25) is 9.69 Å². The van der Waals surface area contributed by atoms with Crippen LogP contribution in [0.4, 0.5) is 26.3 Å². The van der Waals surface area contributed by atoms with Crippen molar-refractivity contribution in [2.45, 2.75) is 30.9 Å². The van der Waals surface area contributed by atoms with Gasteiger partial charge in [-0.1, -0.05) is 48.5 Å². The lowest BCUT2D eigenvalue weighted by Crippen LogP contribution is -2.53. The molecule has 37 heavy (non-hydrogen) atoms. The van der Waals surface area contributed by atoms with E-state index in [4.69, 9.17) is 0 Å². The smallest absolute Gasteiger partial charge is 0.369 e. The first-order valence-corrected chi connectivity index (χ1v) is 11.4. The number of carbonyl (C=O) groups is 1. The number of aliphatic hydroxyl groups is 1. The van der Waals surface area contributed by atoms with Crippen molar-refractivity contribution >= 4 is 5.91 Å². The van der Waals surface area contributed by atoms with E-state index < -0.39 is 23.5 Å². The largest absolute Gasteiger partial charge is 0.430 e. The van der Waals surface area contributed by atoms with E-state index >= 15 is 0 Å². The summed E-state index contributed by atoms with van der Waals surface area (Å²) in [5, 5.41) is 9.53. The van der Waals surface area contributed by atoms with E-state index in [0.717, 1.165) is 17.7 Å². The first kappa shape index (κ1) is 26.7. The summed E-state index contributed by atoms with van der Waals surface area (Å²) in [6.45, 7) is 3.20. The van der Waals surface area contributed by atoms with E-state index in [1.165, 1.54) is 6.33 Å². The first-order valence-electron chi connectivity index (χ1n) is 11.4. The van der Waals surface area contributed by atoms with Crippen LogP contribution in [0.15, 0.2) is 61.1 Å². The molecule has 2 aromatic carbocycles. The predicted octanol–water partition coefficient (Wildman–Crippen LogP) is 4.28. The number of H-pyrrole nitrogens is 1. The lowest BCUT2D eigenvalue weighted by molar-refractivity contribution is -0.376. The maximum Gasteiger partial charge on any atom is 0.430 e. The zero-order valence-corrected chi connectivity index (χ0v) is 19.5. The summed E-state index contributed by atoms with van der Waals surface area (Å²) >= 11 is 0. The fraction of sp³-hybridized carbons (Fsp3) is 0.360. The second-order valence-electron chi connectivity index (χ2n) is 8.87. The van der Waals surface area contributed by atoms with Crippen LogP contribution in [-0.2, 0) is 23.4 Å². The number of aromatic nitrogens is 2. The Morgan fingerprint density at radius 3 is 1.89 bits per heavy atom. The van der Waals surface area contributed by atoms with Crippen molar-refractivity contribution < 1.29 is 36.2 Å². The molecular formula is C25H24F6N4O2. The van der Waals surface area contributed by atoms with Crippen molar-refractivity contribution in [2.24, 2.45) is 0 Å². The topological polar surface area (TPSA) is 72.5 Å². The highest BCUT2D eigenvalue weighted by molar-refractivity contribution is 5.78. The summed E-state index contributed by atoms with van der Waals surface area (Å²) in [6.07, 6.45) is -8.38. The van der Waals surface area contributed by atoms with Crippen molar-refractivity contribution in [2.75, 3.05) is 26.2 Å². The highest BCUT2D eigenvalue weighted by atomic mass is 19.4. The number of hydrogen-bond acceptors (Lipinski definition) is 4. The Hall–Kier alpha value is -3.38. The van der Waals surface area contributed by atoms with Crippen LogP contribution in [0.2, 0.25) is 0 Å². The molecule has 0 saturated carbocycles. The Labute approximate surface area is 208 Å². The number of halogens is 6. The van der Waals surface area contributed by atoms with Crippen LogP contribution in [0, 0.1) is 0 Å². The standard InChI is InChI=1S/C25H24F6N4O2/c26-24(27,28)23(37,25(29,30)31)20-7-5-19(6-8-20)18-3-1-17(2-4-18)15-34-9-11-35(12-10-34)22(36)13-21-14-32-16-33-21/h1-8,14,16,37H,9-13,15H2,(H,32,33). The molecule has 1 saturated heterocycles. The number of nitrogens with zero attached hydrogens (tertiary/aromatic N) is 3. The van der Waals surface area contributed by atoms with Crippen LogP contribution in [0.3, 0.4) is 0 Å². The van der Waals surface area contributed by atoms with E-state index in [0.29, 0.717) is 61.7 Å². The third kappa shape index (κ3) is 5.64. The Bertz CT molecular complexity index is 1170. The number of benzene rings is 2. The molecule has 4 rings (SSSR count). The minimum Gasteiger partial charge on any atom is -0.369 e. The fourth-order valence-corrected chi connectivity index (χ4v) is 4.26. The predicted molar refractivity (Wildman–Crippen MR) is 122 cm³/mol. The van der Waals surface area contributed by atoms with Gasteiger partial charge in [0.05, 0.1) is 18.4 Å². The zero-order valence-electron chi connectivity index (χ0n) is 19.5. The average molecular weight is 526 g/mol. The maximum absolute atomic E-state index is 13.1. The second-order valence-corrected chi connectivity index (χ2v) is 8.87. The van der Waals surface area contributed by atoms with Crippen LogP contribution in [0.5, 0.6) is 0 Å². The first-order chi connectivity index (χ1) is 17.4. The van der Waals surface area contributed by atoms with E-state index in [1.807, 2.05) is 12.1 Å². The third-order valence-corrected chi connectivity index (χ3v) is 6.43. The van der Waals surface area contributed by atoms with Crippen LogP contribution in [0.25, 0.3) is 11.1 Å². The van der Waals surface area contributed by atoms with Gasteiger partial charge in [-0.15, -0.1) is 0 Å². The van der Waals surface area contributed by atoms with Gasteiger partial charge in [-0.25, -0.2) is 4.98 Å². The molecule has 1 aliphatic heterocycles. The lowest BCUT2D eigenvalue weighted by Gasteiger charge is -2.34. The number of hydrogen-bond donors (Lipinski definition) is 2. The van der Waals surface area contributed by atoms with Gasteiger partial charge in [0.1, 0.15) is 0 Å². The molecule has 1 fully saturated rings. The molecule has 0 spiro atoms. The molecule has 0 atom stereocenters. The van der Waals surface area contributed by atoms with Crippen molar-refractivity contribution in [3.8, 4) is 11.1 Å². The van der Waals surface area contributed by atoms with Crippen LogP contribution in [-0.4, -0.2) is 69.3 Å². The number of rotatable bonds is 6. The molecule has 3 aromatic rings. The summed E-state index contributed by atoms with van der Waals surface area (Å²) in [4.78, 5) is 23.3. The number of aromatic amines is 1. The monoisotopic (exact) mass is 526 g/mol. The number of alkyl halides is 6. The highest BCUT2D eigenvalue weighted by Crippen LogP contribution is 2.50. The zero-order chi connectivity index (χ0) is 26.8. The van der Waals surface area contributed by atoms with Crippen molar-refractivity contribution in [3.05, 3.63) is 77.9 Å². The van der Waals surface area contributed by atoms with E-state index in [-0.39, 0.29) is 12.3 Å². The normalized spacial score (nSPS) is 15.7. The summed E-state index contributed by atoms with van der Waals surface area (Å²) < 4.78 is 78.5. The van der Waals surface area contributed by atoms with E-state index in [2.05, 4.69) is 14.9 Å². The Morgan fingerprint density at radius 1 is 0.865 bits per heavy atom. The number of amides is 1. The number of nitrogens with one attached hydrogen (secondary N) is 1. The molecule has 0 unspecified atom stereocenters. The highest BCUT2D eigenvalue weighted by Gasteiger charge is 2.71. The fourth-order valence-electron chi connectivity index (χ4n) is 4.26. The Balaban J connectivity index is 1.35. The molecule has 0 bridgehead atoms. The number of piperazine rings is 1. The molecule has 2 N–H and O–H groups in total. The summed E-state index contributed by atoms with van der Waals surface area (Å²) in [5.74, 6) is 0.0195. The molecule has 2 heterocycles. The quantitative estimate of drug-likeness (QED) is 0.471. The SMILES string of the molecule is O=C(Cc1c[nH]cn1)N1CCN(Cc2ccc(-c3ccc(C(O)(C(F)(F)F)C(F)(F)F)cc3)cc2)CC1. The van der Waals surface area contributed by atoms with Crippen LogP contribution < -0.4 is 0 Å². The Kier molecular flexibility index (Phi) is 7.33. The van der Waals surface area contributed by atoms with Crippen LogP contribution in [0.1, 0.15) is 16.8 Å². The van der Waals surface area contributed by atoms with E-state index in [1.54, 1.807) is 23.2 Å². The van der Waals surface area contributed by atoms with Gasteiger partial charge in [0.15, 0.2) is 0 Å². The molecule has 1 aromatic heterocycles. The average Bonchev–Trinajstić information content (AvgIpc) is 3.36. The summed E-state index contributed by atoms with van der Waals surface area (Å²) in [7, 11) is 0. The second kappa shape index (κ2) is 10.2. The molecule has 12 heteroatoms. The molecule has 1 aliphatic rings. The van der Waals surface area contributed by atoms with E-state index in [9.17, 15) is 36.2 Å². The molecule has 1 amide bonds. The molecule has 0 aliphatic carbocycles. The van der Waals surface area contributed by atoms with Crippen LogP contribution >= 0.6 is 0 Å². The maximum atomic E-state index is 13.1. The molecule has 6 nitrogen and oxygen atoms in total. The van der Waals surface area contributed by atoms with Gasteiger partial charge >= 0.3 is 12.4 Å². The van der Waals surface area contributed by atoms with Crippen molar-refractivity contribution in [1.29, 1.82) is 0 Å². The minimum atomic E-state index is -5.92. The minimum absolute atomic E-state index is 0.0195. The molecule has 0 radical (unpaired) electrons. The van der Waals surface area contributed by atoms with Gasteiger partial charge in [0, 0.05) is 44.5 Å². The summed E-state index contributed by atoms with van der Waals surface area (Å²) in [5.41, 5.74) is -3.57. The molecular weight excluding hydrogens is 502 g/mol. The number of carbonyl (C=O) groups excluding carboxylic acids is 1. The Morgan fingerprint density at radius 2 is 1.41 bits per heavy atom. The lowest BCUT2D eigenvalue weighted by atomic mass is 9.90.